The van der Waals surface area contributed by atoms with Crippen LogP contribution in [0.15, 0.2) is 24.3 Å². The SMILES string of the molecule is CN(C(=O)C1CC1)c1ccccc1C(=O)NCCN1CCNCC1. The van der Waals surface area contributed by atoms with Crippen molar-refractivity contribution in [2.24, 2.45) is 5.92 Å². The number of nitrogens with one attached hydrogen (secondary N) is 2. The smallest absolute Gasteiger partial charge is 0.253 e. The van der Waals surface area contributed by atoms with Crippen molar-refractivity contribution in [2.75, 3.05) is 51.2 Å². The average Bonchev–Trinajstić information content (AvgIpc) is 3.46. The van der Waals surface area contributed by atoms with Gasteiger partial charge in [-0.05, 0) is 25.0 Å². The van der Waals surface area contributed by atoms with E-state index < -0.39 is 0 Å². The third-order valence-corrected chi connectivity index (χ3v) is 4.69. The number of carbonyl (C=O) groups excluding carboxylic acids is 2. The second kappa shape index (κ2) is 7.77. The molecule has 2 fully saturated rings. The van der Waals surface area contributed by atoms with Gasteiger partial charge in [-0.15, -0.1) is 0 Å². The van der Waals surface area contributed by atoms with E-state index >= 15 is 0 Å². The molecule has 2 aliphatic rings. The predicted molar refractivity (Wildman–Crippen MR) is 94.2 cm³/mol. The van der Waals surface area contributed by atoms with Gasteiger partial charge in [-0.2, -0.15) is 0 Å². The lowest BCUT2D eigenvalue weighted by molar-refractivity contribution is -0.119. The number of piperazine rings is 1. The summed E-state index contributed by atoms with van der Waals surface area (Å²) in [7, 11) is 1.76. The van der Waals surface area contributed by atoms with Crippen LogP contribution in [0, 0.1) is 5.92 Å². The van der Waals surface area contributed by atoms with Crippen LogP contribution in [-0.2, 0) is 4.79 Å². The highest BCUT2D eigenvalue weighted by Gasteiger charge is 2.33. The monoisotopic (exact) mass is 330 g/mol. The Hall–Kier alpha value is -1.92. The molecule has 3 rings (SSSR count). The van der Waals surface area contributed by atoms with E-state index in [0.29, 0.717) is 17.8 Å². The van der Waals surface area contributed by atoms with Gasteiger partial charge < -0.3 is 15.5 Å². The van der Waals surface area contributed by atoms with Crippen molar-refractivity contribution in [3.8, 4) is 0 Å². The van der Waals surface area contributed by atoms with E-state index in [9.17, 15) is 9.59 Å². The fourth-order valence-corrected chi connectivity index (χ4v) is 3.04. The van der Waals surface area contributed by atoms with Gasteiger partial charge in [-0.25, -0.2) is 0 Å². The molecule has 6 heteroatoms. The Balaban J connectivity index is 1.58. The van der Waals surface area contributed by atoms with E-state index in [1.165, 1.54) is 0 Å². The molecule has 1 aliphatic carbocycles. The van der Waals surface area contributed by atoms with Crippen LogP contribution in [0.2, 0.25) is 0 Å². The minimum Gasteiger partial charge on any atom is -0.351 e. The Kier molecular flexibility index (Phi) is 5.48. The molecule has 0 spiro atoms. The molecule has 0 unspecified atom stereocenters. The Bertz CT molecular complexity index is 594. The lowest BCUT2D eigenvalue weighted by Gasteiger charge is -2.27. The fourth-order valence-electron chi connectivity index (χ4n) is 3.04. The molecule has 24 heavy (non-hydrogen) atoms. The van der Waals surface area contributed by atoms with Crippen molar-refractivity contribution >= 4 is 17.5 Å². The lowest BCUT2D eigenvalue weighted by atomic mass is 10.1. The number of rotatable bonds is 6. The van der Waals surface area contributed by atoms with Gasteiger partial charge in [0, 0.05) is 52.2 Å². The summed E-state index contributed by atoms with van der Waals surface area (Å²) in [6.45, 7) is 5.52. The zero-order valence-corrected chi connectivity index (χ0v) is 14.3. The second-order valence-corrected chi connectivity index (χ2v) is 6.54. The van der Waals surface area contributed by atoms with Crippen LogP contribution >= 0.6 is 0 Å². The standard InChI is InChI=1S/C18H26N4O2/c1-21(18(24)14-6-7-14)16-5-3-2-4-15(16)17(23)20-10-13-22-11-8-19-9-12-22/h2-5,14,19H,6-13H2,1H3,(H,20,23). The summed E-state index contributed by atoms with van der Waals surface area (Å²) in [6, 6.07) is 7.32. The normalized spacial score (nSPS) is 18.2. The zero-order chi connectivity index (χ0) is 16.9. The van der Waals surface area contributed by atoms with Crippen molar-refractivity contribution in [3.05, 3.63) is 29.8 Å². The number of hydrogen-bond donors (Lipinski definition) is 2. The fraction of sp³-hybridized carbons (Fsp3) is 0.556. The number of benzene rings is 1. The molecule has 0 aromatic heterocycles. The molecule has 2 N–H and O–H groups in total. The van der Waals surface area contributed by atoms with Gasteiger partial charge in [-0.1, -0.05) is 12.1 Å². The van der Waals surface area contributed by atoms with Gasteiger partial charge >= 0.3 is 0 Å². The van der Waals surface area contributed by atoms with E-state index in [1.54, 1.807) is 18.0 Å². The van der Waals surface area contributed by atoms with Gasteiger partial charge in [0.1, 0.15) is 0 Å². The first kappa shape index (κ1) is 16.9. The minimum absolute atomic E-state index is 0.107. The highest BCUT2D eigenvalue weighted by atomic mass is 16.2. The van der Waals surface area contributed by atoms with Crippen molar-refractivity contribution in [2.45, 2.75) is 12.8 Å². The summed E-state index contributed by atoms with van der Waals surface area (Å²) < 4.78 is 0. The van der Waals surface area contributed by atoms with Gasteiger partial charge in [0.05, 0.1) is 11.3 Å². The molecular weight excluding hydrogens is 304 g/mol. The molecule has 1 heterocycles. The number of amides is 2. The maximum atomic E-state index is 12.5. The molecule has 1 saturated carbocycles. The van der Waals surface area contributed by atoms with Gasteiger partial charge in [0.25, 0.3) is 5.91 Å². The topological polar surface area (TPSA) is 64.7 Å². The zero-order valence-electron chi connectivity index (χ0n) is 14.3. The molecule has 1 aliphatic heterocycles. The van der Waals surface area contributed by atoms with Crippen LogP contribution in [0.4, 0.5) is 5.69 Å². The first-order valence-corrected chi connectivity index (χ1v) is 8.74. The van der Waals surface area contributed by atoms with Crippen LogP contribution in [0.3, 0.4) is 0 Å². The molecule has 0 radical (unpaired) electrons. The second-order valence-electron chi connectivity index (χ2n) is 6.54. The van der Waals surface area contributed by atoms with E-state index in [4.69, 9.17) is 0 Å². The number of hydrogen-bond acceptors (Lipinski definition) is 4. The van der Waals surface area contributed by atoms with Crippen LogP contribution in [0.1, 0.15) is 23.2 Å². The number of anilines is 1. The lowest BCUT2D eigenvalue weighted by Crippen LogP contribution is -2.46. The quantitative estimate of drug-likeness (QED) is 0.806. The van der Waals surface area contributed by atoms with Crippen LogP contribution in [0.25, 0.3) is 0 Å². The van der Waals surface area contributed by atoms with Crippen molar-refractivity contribution in [3.63, 3.8) is 0 Å². The molecule has 0 atom stereocenters. The molecule has 130 valence electrons. The van der Waals surface area contributed by atoms with Crippen molar-refractivity contribution in [1.29, 1.82) is 0 Å². The van der Waals surface area contributed by atoms with Crippen molar-refractivity contribution < 1.29 is 9.59 Å². The summed E-state index contributed by atoms with van der Waals surface area (Å²) >= 11 is 0. The van der Waals surface area contributed by atoms with Crippen LogP contribution in [-0.4, -0.2) is 63.0 Å². The third-order valence-electron chi connectivity index (χ3n) is 4.69. The largest absolute Gasteiger partial charge is 0.351 e. The number of carbonyl (C=O) groups is 2. The average molecular weight is 330 g/mol. The maximum absolute atomic E-state index is 12.5. The minimum atomic E-state index is -0.115. The Morgan fingerprint density at radius 2 is 1.96 bits per heavy atom. The summed E-state index contributed by atoms with van der Waals surface area (Å²) in [4.78, 5) is 28.8. The van der Waals surface area contributed by atoms with Gasteiger partial charge in [0.15, 0.2) is 0 Å². The van der Waals surface area contributed by atoms with E-state index in [-0.39, 0.29) is 17.7 Å². The highest BCUT2D eigenvalue weighted by molar-refractivity contribution is 6.05. The summed E-state index contributed by atoms with van der Waals surface area (Å²) in [5, 5.41) is 6.30. The number of para-hydroxylation sites is 1. The van der Waals surface area contributed by atoms with E-state index in [2.05, 4.69) is 15.5 Å². The van der Waals surface area contributed by atoms with E-state index in [1.807, 2.05) is 18.2 Å². The Morgan fingerprint density at radius 1 is 1.25 bits per heavy atom. The molecule has 6 nitrogen and oxygen atoms in total. The molecule has 1 saturated heterocycles. The maximum Gasteiger partial charge on any atom is 0.253 e. The Labute approximate surface area is 143 Å². The predicted octanol–water partition coefficient (Wildman–Crippen LogP) is 0.694. The summed E-state index contributed by atoms with van der Waals surface area (Å²) in [5.74, 6) is 0.131. The first-order chi connectivity index (χ1) is 11.7. The number of nitrogens with zero attached hydrogens (tertiary/aromatic N) is 2. The molecule has 0 bridgehead atoms. The molecule has 2 amide bonds. The molecular formula is C18H26N4O2. The molecule has 1 aromatic carbocycles. The Morgan fingerprint density at radius 3 is 2.67 bits per heavy atom. The van der Waals surface area contributed by atoms with Crippen LogP contribution in [0.5, 0.6) is 0 Å². The first-order valence-electron chi connectivity index (χ1n) is 8.74. The highest BCUT2D eigenvalue weighted by Crippen LogP contribution is 2.33. The third kappa shape index (κ3) is 4.13. The summed E-state index contributed by atoms with van der Waals surface area (Å²) in [5.41, 5.74) is 1.25. The van der Waals surface area contributed by atoms with Crippen molar-refractivity contribution in [1.82, 2.24) is 15.5 Å². The van der Waals surface area contributed by atoms with Gasteiger partial charge in [0.2, 0.25) is 5.91 Å². The van der Waals surface area contributed by atoms with Gasteiger partial charge in [-0.3, -0.25) is 14.5 Å². The summed E-state index contributed by atoms with van der Waals surface area (Å²) in [6.07, 6.45) is 1.92. The molecule has 1 aromatic rings. The van der Waals surface area contributed by atoms with Crippen LogP contribution < -0.4 is 15.5 Å². The van der Waals surface area contributed by atoms with E-state index in [0.717, 1.165) is 45.6 Å².